The van der Waals surface area contributed by atoms with Gasteiger partial charge >= 0.3 is 0 Å². The second-order valence-electron chi connectivity index (χ2n) is 5.70. The molecule has 0 saturated heterocycles. The first-order valence-corrected chi connectivity index (χ1v) is 7.54. The number of pyridine rings is 1. The summed E-state index contributed by atoms with van der Waals surface area (Å²) in [5.41, 5.74) is 4.99. The van der Waals surface area contributed by atoms with Crippen molar-refractivity contribution in [3.8, 4) is 5.82 Å². The molecule has 0 aliphatic heterocycles. The van der Waals surface area contributed by atoms with Gasteiger partial charge in [0.15, 0.2) is 5.82 Å². The number of carbonyl (C=O) groups is 2. The van der Waals surface area contributed by atoms with Gasteiger partial charge < -0.3 is 11.1 Å². The third kappa shape index (κ3) is 3.05. The van der Waals surface area contributed by atoms with Crippen LogP contribution in [-0.4, -0.2) is 37.1 Å². The molecule has 8 nitrogen and oxygen atoms in total. The van der Waals surface area contributed by atoms with Crippen molar-refractivity contribution in [2.45, 2.75) is 37.6 Å². The fourth-order valence-electron chi connectivity index (χ4n) is 2.89. The molecule has 3 rings (SSSR count). The fraction of sp³-hybridized carbons (Fsp3) is 0.400. The van der Waals surface area contributed by atoms with Crippen LogP contribution >= 0.6 is 0 Å². The van der Waals surface area contributed by atoms with Crippen LogP contribution in [0.25, 0.3) is 5.82 Å². The molecule has 120 valence electrons. The van der Waals surface area contributed by atoms with Crippen molar-refractivity contribution in [3.63, 3.8) is 0 Å². The second-order valence-corrected chi connectivity index (χ2v) is 5.70. The Kier molecular flexibility index (Phi) is 4.05. The van der Waals surface area contributed by atoms with E-state index in [2.05, 4.69) is 20.4 Å². The van der Waals surface area contributed by atoms with E-state index in [0.717, 1.165) is 19.3 Å². The number of nitrogens with zero attached hydrogens (tertiary/aromatic N) is 4. The Labute approximate surface area is 133 Å². The lowest BCUT2D eigenvalue weighted by Crippen LogP contribution is -2.58. The molecule has 23 heavy (non-hydrogen) atoms. The number of primary amides is 1. The quantitative estimate of drug-likeness (QED) is 0.856. The van der Waals surface area contributed by atoms with Gasteiger partial charge in [0.2, 0.25) is 5.91 Å². The number of rotatable bonds is 4. The number of hydrogen-bond acceptors (Lipinski definition) is 5. The zero-order valence-corrected chi connectivity index (χ0v) is 12.6. The first kappa shape index (κ1) is 15.1. The molecule has 1 aliphatic carbocycles. The van der Waals surface area contributed by atoms with Crippen molar-refractivity contribution in [1.29, 1.82) is 0 Å². The average molecular weight is 314 g/mol. The predicted molar refractivity (Wildman–Crippen MR) is 81.6 cm³/mol. The van der Waals surface area contributed by atoms with Crippen molar-refractivity contribution in [2.75, 3.05) is 0 Å². The molecule has 0 bridgehead atoms. The van der Waals surface area contributed by atoms with Crippen molar-refractivity contribution in [3.05, 3.63) is 36.5 Å². The largest absolute Gasteiger partial charge is 0.368 e. The van der Waals surface area contributed by atoms with Crippen LogP contribution in [0.4, 0.5) is 0 Å². The van der Waals surface area contributed by atoms with Crippen molar-refractivity contribution < 1.29 is 9.59 Å². The number of hydrogen-bond donors (Lipinski definition) is 2. The smallest absolute Gasteiger partial charge is 0.252 e. The second kappa shape index (κ2) is 6.15. The highest BCUT2D eigenvalue weighted by Gasteiger charge is 2.39. The van der Waals surface area contributed by atoms with Crippen LogP contribution in [0.1, 0.15) is 42.5 Å². The molecule has 2 aromatic heterocycles. The summed E-state index contributed by atoms with van der Waals surface area (Å²) in [6, 6.07) is 3.19. The zero-order valence-electron chi connectivity index (χ0n) is 12.6. The number of amides is 2. The van der Waals surface area contributed by atoms with Gasteiger partial charge in [0, 0.05) is 11.8 Å². The molecular weight excluding hydrogens is 296 g/mol. The molecule has 0 atom stereocenters. The van der Waals surface area contributed by atoms with Gasteiger partial charge in [-0.3, -0.25) is 9.59 Å². The molecule has 8 heteroatoms. The van der Waals surface area contributed by atoms with E-state index in [1.165, 1.54) is 23.5 Å². The lowest BCUT2D eigenvalue weighted by molar-refractivity contribution is -0.125. The van der Waals surface area contributed by atoms with Crippen LogP contribution < -0.4 is 11.1 Å². The Morgan fingerprint density at radius 1 is 1.26 bits per heavy atom. The minimum atomic E-state index is -0.952. The van der Waals surface area contributed by atoms with E-state index in [1.54, 1.807) is 12.1 Å². The van der Waals surface area contributed by atoms with Gasteiger partial charge in [0.1, 0.15) is 18.2 Å². The Morgan fingerprint density at radius 3 is 2.70 bits per heavy atom. The van der Waals surface area contributed by atoms with Gasteiger partial charge in [-0.05, 0) is 25.0 Å². The summed E-state index contributed by atoms with van der Waals surface area (Å²) in [7, 11) is 0. The van der Waals surface area contributed by atoms with Gasteiger partial charge in [-0.2, -0.15) is 5.10 Å². The first-order chi connectivity index (χ1) is 11.1. The molecular formula is C15H18N6O2. The van der Waals surface area contributed by atoms with E-state index < -0.39 is 11.4 Å². The maximum Gasteiger partial charge on any atom is 0.252 e. The lowest BCUT2D eigenvalue weighted by atomic mass is 9.81. The van der Waals surface area contributed by atoms with E-state index in [0.29, 0.717) is 24.2 Å². The lowest BCUT2D eigenvalue weighted by Gasteiger charge is -2.35. The summed E-state index contributed by atoms with van der Waals surface area (Å²) in [5, 5.41) is 6.82. The van der Waals surface area contributed by atoms with E-state index in [9.17, 15) is 9.59 Å². The Hall–Kier alpha value is -2.77. The molecule has 2 amide bonds. The van der Waals surface area contributed by atoms with Gasteiger partial charge in [0.25, 0.3) is 5.91 Å². The van der Waals surface area contributed by atoms with Crippen LogP contribution in [0.5, 0.6) is 0 Å². The van der Waals surface area contributed by atoms with Crippen molar-refractivity contribution in [1.82, 2.24) is 25.1 Å². The summed E-state index contributed by atoms with van der Waals surface area (Å²) in [6.45, 7) is 0. The van der Waals surface area contributed by atoms with E-state index >= 15 is 0 Å². The summed E-state index contributed by atoms with van der Waals surface area (Å²) in [6.07, 6.45) is 8.37. The number of carbonyl (C=O) groups excluding carboxylic acids is 2. The van der Waals surface area contributed by atoms with Gasteiger partial charge in [-0.15, -0.1) is 0 Å². The fourth-order valence-corrected chi connectivity index (χ4v) is 2.89. The average Bonchev–Trinajstić information content (AvgIpc) is 3.10. The zero-order chi connectivity index (χ0) is 16.3. The normalized spacial score (nSPS) is 16.7. The molecule has 2 heterocycles. The predicted octanol–water partition coefficient (Wildman–Crippen LogP) is 0.580. The standard InChI is InChI=1S/C15H18N6O2/c16-14(23)15(5-2-1-3-6-15)20-13(22)11-4-7-18-12(8-11)21-10-17-9-19-21/h4,7-10H,1-3,5-6H2,(H2,16,23)(H,20,22). The Morgan fingerprint density at radius 2 is 2.04 bits per heavy atom. The number of nitrogens with one attached hydrogen (secondary N) is 1. The van der Waals surface area contributed by atoms with Crippen molar-refractivity contribution >= 4 is 11.8 Å². The molecule has 0 unspecified atom stereocenters. The van der Waals surface area contributed by atoms with Crippen LogP contribution in [-0.2, 0) is 4.79 Å². The topological polar surface area (TPSA) is 116 Å². The maximum absolute atomic E-state index is 12.6. The SMILES string of the molecule is NC(=O)C1(NC(=O)c2ccnc(-n3cncn3)c2)CCCCC1. The van der Waals surface area contributed by atoms with Crippen LogP contribution in [0.2, 0.25) is 0 Å². The van der Waals surface area contributed by atoms with Crippen LogP contribution in [0, 0.1) is 0 Å². The maximum atomic E-state index is 12.6. The minimum absolute atomic E-state index is 0.338. The molecule has 1 saturated carbocycles. The van der Waals surface area contributed by atoms with Crippen LogP contribution in [0.3, 0.4) is 0 Å². The Balaban J connectivity index is 1.83. The molecule has 0 spiro atoms. The highest BCUT2D eigenvalue weighted by molar-refractivity contribution is 5.99. The molecule has 0 radical (unpaired) electrons. The van der Waals surface area contributed by atoms with E-state index in [4.69, 9.17) is 5.73 Å². The first-order valence-electron chi connectivity index (χ1n) is 7.54. The van der Waals surface area contributed by atoms with Gasteiger partial charge in [0.05, 0.1) is 0 Å². The highest BCUT2D eigenvalue weighted by Crippen LogP contribution is 2.28. The summed E-state index contributed by atoms with van der Waals surface area (Å²) >= 11 is 0. The monoisotopic (exact) mass is 314 g/mol. The van der Waals surface area contributed by atoms with Gasteiger partial charge in [-0.25, -0.2) is 14.6 Å². The highest BCUT2D eigenvalue weighted by atomic mass is 16.2. The molecule has 3 N–H and O–H groups in total. The van der Waals surface area contributed by atoms with Crippen molar-refractivity contribution in [2.24, 2.45) is 5.73 Å². The molecule has 2 aromatic rings. The Bertz CT molecular complexity index is 707. The summed E-state index contributed by atoms with van der Waals surface area (Å²) < 4.78 is 1.46. The van der Waals surface area contributed by atoms with Gasteiger partial charge in [-0.1, -0.05) is 19.3 Å². The molecule has 1 aliphatic rings. The number of nitrogens with two attached hydrogens (primary N) is 1. The number of aromatic nitrogens is 4. The minimum Gasteiger partial charge on any atom is -0.368 e. The molecule has 1 fully saturated rings. The third-order valence-electron chi connectivity index (χ3n) is 4.19. The summed E-state index contributed by atoms with van der Waals surface area (Å²) in [5.74, 6) is -0.336. The van der Waals surface area contributed by atoms with E-state index in [-0.39, 0.29) is 5.91 Å². The summed E-state index contributed by atoms with van der Waals surface area (Å²) in [4.78, 5) is 32.4. The molecule has 0 aromatic carbocycles. The van der Waals surface area contributed by atoms with Crippen LogP contribution in [0.15, 0.2) is 31.0 Å². The third-order valence-corrected chi connectivity index (χ3v) is 4.19. The van der Waals surface area contributed by atoms with E-state index in [1.807, 2.05) is 0 Å².